The van der Waals surface area contributed by atoms with Crippen LogP contribution in [-0.4, -0.2) is 15.0 Å². The summed E-state index contributed by atoms with van der Waals surface area (Å²) >= 11 is 0. The number of hydrogen-bond donors (Lipinski definition) is 2. The predicted molar refractivity (Wildman–Crippen MR) is 75.9 cm³/mol. The Labute approximate surface area is 115 Å². The van der Waals surface area contributed by atoms with Gasteiger partial charge in [0.25, 0.3) is 0 Å². The van der Waals surface area contributed by atoms with Gasteiger partial charge >= 0.3 is 0 Å². The minimum atomic E-state index is 0.327. The lowest BCUT2D eigenvalue weighted by Crippen LogP contribution is -2.09. The number of benzene rings is 1. The van der Waals surface area contributed by atoms with Gasteiger partial charge in [-0.25, -0.2) is 10.8 Å². The molecule has 0 atom stereocenters. The lowest BCUT2D eigenvalue weighted by Gasteiger charge is -2.08. The highest BCUT2D eigenvalue weighted by atomic mass is 16.5. The maximum Gasteiger partial charge on any atom is 0.158 e. The van der Waals surface area contributed by atoms with Crippen molar-refractivity contribution in [3.63, 3.8) is 0 Å². The van der Waals surface area contributed by atoms with Crippen molar-refractivity contribution in [1.29, 1.82) is 0 Å². The van der Waals surface area contributed by atoms with Crippen LogP contribution in [-0.2, 0) is 6.61 Å². The van der Waals surface area contributed by atoms with E-state index in [1.54, 1.807) is 18.6 Å². The van der Waals surface area contributed by atoms with Crippen molar-refractivity contribution in [1.82, 2.24) is 15.0 Å². The first-order chi connectivity index (χ1) is 9.86. The Morgan fingerprint density at radius 3 is 2.75 bits per heavy atom. The van der Waals surface area contributed by atoms with Gasteiger partial charge in [-0.15, -0.1) is 0 Å². The molecule has 100 valence electrons. The summed E-state index contributed by atoms with van der Waals surface area (Å²) in [4.78, 5) is 12.6. The van der Waals surface area contributed by atoms with Crippen LogP contribution in [0.2, 0.25) is 0 Å². The third-order valence-corrected chi connectivity index (χ3v) is 2.82. The van der Waals surface area contributed by atoms with E-state index in [1.807, 2.05) is 30.3 Å². The second-order valence-electron chi connectivity index (χ2n) is 4.16. The molecule has 20 heavy (non-hydrogen) atoms. The molecule has 0 unspecified atom stereocenters. The van der Waals surface area contributed by atoms with Crippen LogP contribution < -0.4 is 16.0 Å². The normalized spacial score (nSPS) is 10.4. The van der Waals surface area contributed by atoms with E-state index in [1.165, 1.54) is 0 Å². The molecule has 6 heteroatoms. The zero-order valence-electron chi connectivity index (χ0n) is 10.7. The molecule has 3 N–H and O–H groups in total. The highest BCUT2D eigenvalue weighted by molar-refractivity contribution is 5.84. The highest BCUT2D eigenvalue weighted by Gasteiger charge is 2.04. The fourth-order valence-electron chi connectivity index (χ4n) is 1.85. The maximum absolute atomic E-state index is 5.76. The number of nitrogens with two attached hydrogens (primary N) is 1. The minimum Gasteiger partial charge on any atom is -0.485 e. The van der Waals surface area contributed by atoms with Crippen LogP contribution in [0.15, 0.2) is 48.9 Å². The molecule has 2 aromatic heterocycles. The first-order valence-corrected chi connectivity index (χ1v) is 6.11. The fraction of sp³-hybridized carbons (Fsp3) is 0.0714. The Balaban J connectivity index is 1.79. The van der Waals surface area contributed by atoms with E-state index in [-0.39, 0.29) is 0 Å². The Hall–Kier alpha value is -2.73. The number of ether oxygens (including phenoxy) is 1. The summed E-state index contributed by atoms with van der Waals surface area (Å²) in [5.41, 5.74) is 3.98. The number of pyridine rings is 1. The minimum absolute atomic E-state index is 0.327. The van der Waals surface area contributed by atoms with Crippen LogP contribution in [0.25, 0.3) is 10.9 Å². The number of anilines is 1. The van der Waals surface area contributed by atoms with Crippen molar-refractivity contribution in [2.24, 2.45) is 5.84 Å². The number of hydrogen-bond acceptors (Lipinski definition) is 6. The van der Waals surface area contributed by atoms with Crippen LogP contribution in [0.1, 0.15) is 5.69 Å². The first-order valence-electron chi connectivity index (χ1n) is 6.11. The van der Waals surface area contributed by atoms with Crippen molar-refractivity contribution < 1.29 is 4.74 Å². The molecule has 0 saturated carbocycles. The smallest absolute Gasteiger partial charge is 0.158 e. The van der Waals surface area contributed by atoms with Crippen molar-refractivity contribution in [2.75, 3.05) is 5.43 Å². The van der Waals surface area contributed by atoms with Crippen molar-refractivity contribution >= 4 is 16.7 Å². The van der Waals surface area contributed by atoms with E-state index in [4.69, 9.17) is 10.6 Å². The summed E-state index contributed by atoms with van der Waals surface area (Å²) < 4.78 is 5.76. The number of nitrogen functional groups attached to an aromatic ring is 1. The monoisotopic (exact) mass is 267 g/mol. The van der Waals surface area contributed by atoms with Crippen molar-refractivity contribution in [3.05, 3.63) is 54.6 Å². The Morgan fingerprint density at radius 1 is 1.05 bits per heavy atom. The predicted octanol–water partition coefficient (Wildman–Crippen LogP) is 1.89. The van der Waals surface area contributed by atoms with Crippen molar-refractivity contribution in [3.8, 4) is 5.75 Å². The number of para-hydroxylation sites is 1. The van der Waals surface area contributed by atoms with Crippen LogP contribution in [0, 0.1) is 0 Å². The molecule has 0 aliphatic carbocycles. The molecule has 3 rings (SSSR count). The van der Waals surface area contributed by atoms with Crippen molar-refractivity contribution in [2.45, 2.75) is 6.61 Å². The number of hydrazine groups is 1. The second kappa shape index (κ2) is 5.50. The molecule has 0 fully saturated rings. The third kappa shape index (κ3) is 2.50. The Kier molecular flexibility index (Phi) is 3.38. The largest absolute Gasteiger partial charge is 0.485 e. The number of nitrogens with one attached hydrogen (secondary N) is 1. The molecule has 0 amide bonds. The Morgan fingerprint density at radius 2 is 1.95 bits per heavy atom. The number of fused-ring (bicyclic) bond motifs is 1. The Bertz CT molecular complexity index is 709. The molecular formula is C14H13N5O. The van der Waals surface area contributed by atoms with E-state index in [0.717, 1.165) is 22.3 Å². The summed E-state index contributed by atoms with van der Waals surface area (Å²) in [5.74, 6) is 6.48. The summed E-state index contributed by atoms with van der Waals surface area (Å²) in [6.45, 7) is 0.327. The van der Waals surface area contributed by atoms with Gasteiger partial charge in [0.15, 0.2) is 5.82 Å². The molecule has 2 heterocycles. The van der Waals surface area contributed by atoms with E-state index in [9.17, 15) is 0 Å². The quantitative estimate of drug-likeness (QED) is 0.554. The molecule has 0 saturated heterocycles. The van der Waals surface area contributed by atoms with Crippen LogP contribution >= 0.6 is 0 Å². The summed E-state index contributed by atoms with van der Waals surface area (Å²) in [5, 5.41) is 1.04. The maximum atomic E-state index is 5.76. The van der Waals surface area contributed by atoms with Gasteiger partial charge in [-0.3, -0.25) is 9.97 Å². The number of aromatic nitrogens is 3. The van der Waals surface area contributed by atoms with Gasteiger partial charge in [0.2, 0.25) is 0 Å². The topological polar surface area (TPSA) is 86.0 Å². The average Bonchev–Trinajstić information content (AvgIpc) is 2.53. The lowest BCUT2D eigenvalue weighted by atomic mass is 10.2. The van der Waals surface area contributed by atoms with Gasteiger partial charge in [0.05, 0.1) is 18.1 Å². The average molecular weight is 267 g/mol. The molecular weight excluding hydrogens is 254 g/mol. The van der Waals surface area contributed by atoms with Gasteiger partial charge in [-0.1, -0.05) is 18.2 Å². The van der Waals surface area contributed by atoms with Crippen LogP contribution in [0.4, 0.5) is 5.82 Å². The highest BCUT2D eigenvalue weighted by Crippen LogP contribution is 2.23. The molecule has 0 spiro atoms. The molecule has 0 aliphatic rings. The van der Waals surface area contributed by atoms with Crippen LogP contribution in [0.3, 0.4) is 0 Å². The van der Waals surface area contributed by atoms with E-state index >= 15 is 0 Å². The summed E-state index contributed by atoms with van der Waals surface area (Å²) in [6.07, 6.45) is 4.92. The number of nitrogens with zero attached hydrogens (tertiary/aromatic N) is 3. The van der Waals surface area contributed by atoms with Gasteiger partial charge in [-0.2, -0.15) is 0 Å². The number of rotatable bonds is 4. The molecule has 0 bridgehead atoms. The SMILES string of the molecule is NNc1cnc(COc2cccc3cccnc23)cn1. The van der Waals surface area contributed by atoms with E-state index in [2.05, 4.69) is 20.4 Å². The van der Waals surface area contributed by atoms with Gasteiger partial charge in [0, 0.05) is 11.6 Å². The molecule has 3 aromatic rings. The zero-order chi connectivity index (χ0) is 13.8. The van der Waals surface area contributed by atoms with Gasteiger partial charge < -0.3 is 10.2 Å². The van der Waals surface area contributed by atoms with E-state index in [0.29, 0.717) is 12.4 Å². The third-order valence-electron chi connectivity index (χ3n) is 2.82. The van der Waals surface area contributed by atoms with Crippen LogP contribution in [0.5, 0.6) is 5.75 Å². The zero-order valence-corrected chi connectivity index (χ0v) is 10.7. The van der Waals surface area contributed by atoms with Gasteiger partial charge in [-0.05, 0) is 12.1 Å². The van der Waals surface area contributed by atoms with E-state index < -0.39 is 0 Å². The summed E-state index contributed by atoms with van der Waals surface area (Å²) in [7, 11) is 0. The van der Waals surface area contributed by atoms with Gasteiger partial charge in [0.1, 0.15) is 17.9 Å². The second-order valence-corrected chi connectivity index (χ2v) is 4.16. The molecule has 0 aliphatic heterocycles. The lowest BCUT2D eigenvalue weighted by molar-refractivity contribution is 0.304. The fourth-order valence-corrected chi connectivity index (χ4v) is 1.85. The molecule has 6 nitrogen and oxygen atoms in total. The molecule has 0 radical (unpaired) electrons. The molecule has 1 aromatic carbocycles. The summed E-state index contributed by atoms with van der Waals surface area (Å²) in [6, 6.07) is 9.72. The first kappa shape index (κ1) is 12.3. The standard InChI is InChI=1S/C14H13N5O/c15-19-13-8-17-11(7-18-13)9-20-12-5-1-3-10-4-2-6-16-14(10)12/h1-8H,9,15H2,(H,18,19).